The summed E-state index contributed by atoms with van der Waals surface area (Å²) in [5, 5.41) is 13.8. The highest BCUT2D eigenvalue weighted by Gasteiger charge is 2.19. The van der Waals surface area contributed by atoms with Crippen LogP contribution in [0.3, 0.4) is 0 Å². The van der Waals surface area contributed by atoms with Crippen molar-refractivity contribution >= 4 is 17.8 Å². The lowest BCUT2D eigenvalue weighted by Crippen LogP contribution is -2.45. The van der Waals surface area contributed by atoms with Crippen molar-refractivity contribution in [2.24, 2.45) is 0 Å². The number of amides is 2. The molecule has 0 heterocycles. The second kappa shape index (κ2) is 9.55. The van der Waals surface area contributed by atoms with Gasteiger partial charge in [-0.25, -0.2) is 9.18 Å². The number of nitrogens with one attached hydrogen (secondary N) is 2. The second-order valence-electron chi connectivity index (χ2n) is 5.18. The third-order valence-electron chi connectivity index (χ3n) is 3.18. The Bertz CT molecular complexity index is 563. The molecule has 0 aliphatic carbocycles. The smallest absolute Gasteiger partial charge is 0.326 e. The van der Waals surface area contributed by atoms with Crippen molar-refractivity contribution < 1.29 is 23.9 Å². The summed E-state index contributed by atoms with van der Waals surface area (Å²) >= 11 is 0. The number of hydrogen-bond donors (Lipinski definition) is 3. The van der Waals surface area contributed by atoms with Gasteiger partial charge in [0.15, 0.2) is 0 Å². The van der Waals surface area contributed by atoms with Gasteiger partial charge in [0.25, 0.3) is 0 Å². The van der Waals surface area contributed by atoms with E-state index in [9.17, 15) is 18.8 Å². The monoisotopic (exact) mass is 324 g/mol. The third kappa shape index (κ3) is 7.39. The highest BCUT2D eigenvalue weighted by Crippen LogP contribution is 2.04. The fourth-order valence-corrected chi connectivity index (χ4v) is 1.98. The molecule has 6 nitrogen and oxygen atoms in total. The third-order valence-corrected chi connectivity index (χ3v) is 3.18. The van der Waals surface area contributed by atoms with E-state index >= 15 is 0 Å². The van der Waals surface area contributed by atoms with Crippen LogP contribution in [0.15, 0.2) is 24.3 Å². The van der Waals surface area contributed by atoms with Crippen LogP contribution in [0.2, 0.25) is 0 Å². The van der Waals surface area contributed by atoms with Gasteiger partial charge < -0.3 is 15.7 Å². The van der Waals surface area contributed by atoms with E-state index in [1.807, 2.05) is 6.92 Å². The summed E-state index contributed by atoms with van der Waals surface area (Å²) in [6.07, 6.45) is 1.80. The molecule has 0 bridgehead atoms. The van der Waals surface area contributed by atoms with Gasteiger partial charge in [0.1, 0.15) is 11.9 Å². The molecule has 0 saturated carbocycles. The van der Waals surface area contributed by atoms with E-state index in [1.165, 1.54) is 18.2 Å². The molecule has 2 amide bonds. The second-order valence-corrected chi connectivity index (χ2v) is 5.18. The number of halogens is 1. The lowest BCUT2D eigenvalue weighted by molar-refractivity contribution is -0.141. The minimum Gasteiger partial charge on any atom is -0.480 e. The Morgan fingerprint density at radius 2 is 2.00 bits per heavy atom. The Morgan fingerprint density at radius 1 is 1.26 bits per heavy atom. The van der Waals surface area contributed by atoms with Gasteiger partial charge in [-0.15, -0.1) is 0 Å². The van der Waals surface area contributed by atoms with Gasteiger partial charge in [-0.3, -0.25) is 9.59 Å². The Labute approximate surface area is 134 Å². The molecule has 0 aromatic heterocycles. The van der Waals surface area contributed by atoms with Gasteiger partial charge in [0.2, 0.25) is 11.8 Å². The molecule has 1 rings (SSSR count). The zero-order chi connectivity index (χ0) is 17.2. The van der Waals surface area contributed by atoms with Crippen LogP contribution in [0.4, 0.5) is 4.39 Å². The molecule has 1 aromatic rings. The van der Waals surface area contributed by atoms with Crippen LogP contribution in [0.25, 0.3) is 0 Å². The first-order valence-electron chi connectivity index (χ1n) is 7.45. The normalized spacial score (nSPS) is 11.6. The van der Waals surface area contributed by atoms with Gasteiger partial charge in [0.05, 0.1) is 13.0 Å². The van der Waals surface area contributed by atoms with Crippen LogP contribution >= 0.6 is 0 Å². The number of carbonyl (C=O) groups is 3. The number of aliphatic carboxylic acids is 1. The SMILES string of the molecule is CCCCC(NC(=O)CNC(=O)Cc1cccc(F)c1)C(=O)O. The maximum Gasteiger partial charge on any atom is 0.326 e. The molecule has 23 heavy (non-hydrogen) atoms. The van der Waals surface area contributed by atoms with Crippen molar-refractivity contribution in [3.63, 3.8) is 0 Å². The van der Waals surface area contributed by atoms with Crippen molar-refractivity contribution in [2.45, 2.75) is 38.6 Å². The van der Waals surface area contributed by atoms with Crippen LogP contribution in [0.5, 0.6) is 0 Å². The molecule has 0 radical (unpaired) electrons. The molecule has 0 spiro atoms. The molecule has 0 aliphatic heterocycles. The van der Waals surface area contributed by atoms with Crippen LogP contribution in [0, 0.1) is 5.82 Å². The Morgan fingerprint density at radius 3 is 2.61 bits per heavy atom. The maximum atomic E-state index is 13.0. The summed E-state index contributed by atoms with van der Waals surface area (Å²) in [6.45, 7) is 1.61. The molecule has 3 N–H and O–H groups in total. The van der Waals surface area contributed by atoms with Crippen molar-refractivity contribution in [3.8, 4) is 0 Å². The number of hydrogen-bond acceptors (Lipinski definition) is 3. The van der Waals surface area contributed by atoms with Gasteiger partial charge in [-0.2, -0.15) is 0 Å². The van der Waals surface area contributed by atoms with E-state index in [4.69, 9.17) is 5.11 Å². The lowest BCUT2D eigenvalue weighted by Gasteiger charge is -2.14. The van der Waals surface area contributed by atoms with E-state index in [0.717, 1.165) is 6.42 Å². The first kappa shape index (κ1) is 18.6. The predicted octanol–water partition coefficient (Wildman–Crippen LogP) is 1.24. The van der Waals surface area contributed by atoms with E-state index < -0.39 is 29.6 Å². The average Bonchev–Trinajstić information content (AvgIpc) is 2.49. The minimum absolute atomic E-state index is 0.0523. The number of carboxylic acids is 1. The van der Waals surface area contributed by atoms with E-state index in [0.29, 0.717) is 18.4 Å². The molecular weight excluding hydrogens is 303 g/mol. The van der Waals surface area contributed by atoms with Gasteiger partial charge >= 0.3 is 5.97 Å². The highest BCUT2D eigenvalue weighted by atomic mass is 19.1. The van der Waals surface area contributed by atoms with Crippen LogP contribution in [-0.4, -0.2) is 35.5 Å². The van der Waals surface area contributed by atoms with Gasteiger partial charge in [0, 0.05) is 0 Å². The standard InChI is InChI=1S/C16H21FN2O4/c1-2-3-7-13(16(22)23)19-15(21)10-18-14(20)9-11-5-4-6-12(17)8-11/h4-6,8,13H,2-3,7,9-10H2,1H3,(H,18,20)(H,19,21)(H,22,23). The topological polar surface area (TPSA) is 95.5 Å². The van der Waals surface area contributed by atoms with Crippen LogP contribution < -0.4 is 10.6 Å². The quantitative estimate of drug-likeness (QED) is 0.637. The first-order valence-corrected chi connectivity index (χ1v) is 7.45. The summed E-state index contributed by atoms with van der Waals surface area (Å²) in [7, 11) is 0. The molecule has 0 fully saturated rings. The van der Waals surface area contributed by atoms with E-state index in [1.54, 1.807) is 6.07 Å². The Kier molecular flexibility index (Phi) is 7.73. The largest absolute Gasteiger partial charge is 0.480 e. The molecule has 126 valence electrons. The van der Waals surface area contributed by atoms with Crippen molar-refractivity contribution in [2.75, 3.05) is 6.54 Å². The zero-order valence-corrected chi connectivity index (χ0v) is 13.0. The molecule has 1 unspecified atom stereocenters. The molecule has 0 aliphatic rings. The van der Waals surface area contributed by atoms with Crippen LogP contribution in [0.1, 0.15) is 31.7 Å². The summed E-state index contributed by atoms with van der Waals surface area (Å²) < 4.78 is 13.0. The Hall–Kier alpha value is -2.44. The molecule has 0 saturated heterocycles. The summed E-state index contributed by atoms with van der Waals surface area (Å²) in [5.41, 5.74) is 0.495. The average molecular weight is 324 g/mol. The zero-order valence-electron chi connectivity index (χ0n) is 13.0. The number of rotatable bonds is 9. The molecule has 1 aromatic carbocycles. The summed E-state index contributed by atoms with van der Waals surface area (Å²) in [4.78, 5) is 34.4. The van der Waals surface area contributed by atoms with Crippen molar-refractivity contribution in [1.82, 2.24) is 10.6 Å². The number of unbranched alkanes of at least 4 members (excludes halogenated alkanes) is 1. The Balaban J connectivity index is 2.39. The lowest BCUT2D eigenvalue weighted by atomic mass is 10.1. The first-order chi connectivity index (χ1) is 10.9. The number of benzene rings is 1. The summed E-state index contributed by atoms with van der Waals surface area (Å²) in [5.74, 6) is -2.54. The van der Waals surface area contributed by atoms with E-state index in [2.05, 4.69) is 10.6 Å². The molecular formula is C16H21FN2O4. The molecule has 7 heteroatoms. The van der Waals surface area contributed by atoms with E-state index in [-0.39, 0.29) is 13.0 Å². The predicted molar refractivity (Wildman–Crippen MR) is 82.2 cm³/mol. The van der Waals surface area contributed by atoms with Gasteiger partial charge in [-0.05, 0) is 24.1 Å². The fraction of sp³-hybridized carbons (Fsp3) is 0.438. The highest BCUT2D eigenvalue weighted by molar-refractivity contribution is 5.88. The molecule has 1 atom stereocenters. The maximum absolute atomic E-state index is 13.0. The number of carbonyl (C=O) groups excluding carboxylic acids is 2. The van der Waals surface area contributed by atoms with Crippen LogP contribution in [-0.2, 0) is 20.8 Å². The van der Waals surface area contributed by atoms with Crippen molar-refractivity contribution in [1.29, 1.82) is 0 Å². The number of carboxylic acid groups (broad SMARTS) is 1. The minimum atomic E-state index is -1.10. The van der Waals surface area contributed by atoms with Gasteiger partial charge in [-0.1, -0.05) is 31.9 Å². The fourth-order valence-electron chi connectivity index (χ4n) is 1.98. The van der Waals surface area contributed by atoms with Crippen molar-refractivity contribution in [3.05, 3.63) is 35.6 Å². The summed E-state index contributed by atoms with van der Waals surface area (Å²) in [6, 6.07) is 4.66.